The van der Waals surface area contributed by atoms with E-state index in [-0.39, 0.29) is 29.4 Å². The lowest BCUT2D eigenvalue weighted by molar-refractivity contribution is -0.119. The molecule has 10 nitrogen and oxygen atoms in total. The van der Waals surface area contributed by atoms with Gasteiger partial charge in [-0.25, -0.2) is 18.7 Å². The van der Waals surface area contributed by atoms with Crippen molar-refractivity contribution in [1.82, 2.24) is 23.8 Å². The molecule has 49 heavy (non-hydrogen) atoms. The third kappa shape index (κ3) is 6.40. The Morgan fingerprint density at radius 2 is 1.71 bits per heavy atom. The van der Waals surface area contributed by atoms with Crippen molar-refractivity contribution in [1.29, 1.82) is 0 Å². The summed E-state index contributed by atoms with van der Waals surface area (Å²) in [6.07, 6.45) is 6.46. The highest BCUT2D eigenvalue weighted by atomic mass is 35.5. The van der Waals surface area contributed by atoms with Gasteiger partial charge in [-0.3, -0.25) is 18.8 Å². The third-order valence-electron chi connectivity index (χ3n) is 9.27. The lowest BCUT2D eigenvalue weighted by Crippen LogP contribution is -2.48. The molecule has 0 saturated heterocycles. The van der Waals surface area contributed by atoms with E-state index < -0.39 is 17.7 Å². The molecule has 2 amide bonds. The van der Waals surface area contributed by atoms with Crippen molar-refractivity contribution < 1.29 is 18.7 Å². The van der Waals surface area contributed by atoms with Gasteiger partial charge in [0.2, 0.25) is 5.91 Å². The predicted octanol–water partition coefficient (Wildman–Crippen LogP) is 7.62. The fourth-order valence-electron chi connectivity index (χ4n) is 6.79. The molecule has 0 radical (unpaired) electrons. The fraction of sp³-hybridized carbons (Fsp3) is 0.459. The first kappa shape index (κ1) is 34.5. The first-order valence-electron chi connectivity index (χ1n) is 16.9. The summed E-state index contributed by atoms with van der Waals surface area (Å²) < 4.78 is 25.4. The van der Waals surface area contributed by atoms with Crippen LogP contribution in [0, 0.1) is 25.6 Å². The highest BCUT2D eigenvalue weighted by Crippen LogP contribution is 2.41. The molecule has 2 atom stereocenters. The van der Waals surface area contributed by atoms with Crippen molar-refractivity contribution in [3.05, 3.63) is 86.4 Å². The minimum Gasteiger partial charge on any atom is -0.444 e. The van der Waals surface area contributed by atoms with Crippen molar-refractivity contribution in [2.45, 2.75) is 98.3 Å². The molecule has 0 N–H and O–H groups in total. The standard InChI is InChI=1S/C37H44ClFN6O4/c1-9-10-30-31-28(19-23(4)44(30)36(48)49-37(5,6)7)40-45(26-17-21(2)32(39)22(3)18-26)33(31)43-16-15-42(35(43)47)25-13-14-29(27(38)20-25)41(8)34(46)24-11-12-24/h13-18,20,23-24,30H,9-12,19H2,1-8H3/t23-,30+/m1/s1. The Morgan fingerprint density at radius 3 is 2.31 bits per heavy atom. The number of carbonyl (C=O) groups excluding carboxylic acids is 2. The predicted molar refractivity (Wildman–Crippen MR) is 188 cm³/mol. The molecule has 0 unspecified atom stereocenters. The first-order valence-corrected chi connectivity index (χ1v) is 17.3. The Labute approximate surface area is 291 Å². The van der Waals surface area contributed by atoms with Crippen molar-refractivity contribution in [3.63, 3.8) is 0 Å². The molecule has 1 aliphatic heterocycles. The number of anilines is 1. The number of aromatic nitrogens is 4. The van der Waals surface area contributed by atoms with Crippen LogP contribution >= 0.6 is 11.6 Å². The average Bonchev–Trinajstić information content (AvgIpc) is 3.71. The second kappa shape index (κ2) is 12.8. The van der Waals surface area contributed by atoms with E-state index in [0.29, 0.717) is 51.9 Å². The number of ether oxygens (including phenoxy) is 1. The number of aryl methyl sites for hydroxylation is 2. The zero-order valence-electron chi connectivity index (χ0n) is 29.4. The SMILES string of the molecule is CCC[C@H]1c2c(nn(-c3cc(C)c(F)c(C)c3)c2-n2ccn(-c3ccc(N(C)C(=O)C4CC4)c(Cl)c3)c2=O)C[C@@H](C)N1C(=O)OC(C)(C)C. The van der Waals surface area contributed by atoms with Crippen LogP contribution in [-0.2, 0) is 16.0 Å². The van der Waals surface area contributed by atoms with Crippen LogP contribution in [0.2, 0.25) is 5.02 Å². The van der Waals surface area contributed by atoms with Crippen LogP contribution in [0.5, 0.6) is 0 Å². The highest BCUT2D eigenvalue weighted by Gasteiger charge is 2.42. The van der Waals surface area contributed by atoms with Gasteiger partial charge in [0.1, 0.15) is 17.2 Å². The van der Waals surface area contributed by atoms with Crippen molar-refractivity contribution in [3.8, 4) is 17.2 Å². The van der Waals surface area contributed by atoms with Crippen LogP contribution in [-0.4, -0.2) is 54.5 Å². The number of nitrogens with zero attached hydrogens (tertiary/aromatic N) is 6. The van der Waals surface area contributed by atoms with Crippen LogP contribution in [0.3, 0.4) is 0 Å². The van der Waals surface area contributed by atoms with Gasteiger partial charge in [0.15, 0.2) is 0 Å². The van der Waals surface area contributed by atoms with Gasteiger partial charge in [0.05, 0.1) is 33.8 Å². The largest absolute Gasteiger partial charge is 0.444 e. The molecule has 260 valence electrons. The Balaban J connectivity index is 1.52. The normalized spacial score (nSPS) is 17.6. The van der Waals surface area contributed by atoms with Crippen LogP contribution in [0.15, 0.2) is 47.5 Å². The zero-order valence-corrected chi connectivity index (χ0v) is 30.1. The van der Waals surface area contributed by atoms with E-state index in [2.05, 4.69) is 6.92 Å². The smallest absolute Gasteiger partial charge is 0.411 e. The number of fused-ring (bicyclic) bond motifs is 1. The summed E-state index contributed by atoms with van der Waals surface area (Å²) in [4.78, 5) is 44.2. The van der Waals surface area contributed by atoms with Crippen LogP contribution in [0.1, 0.15) is 88.7 Å². The van der Waals surface area contributed by atoms with E-state index in [9.17, 15) is 18.8 Å². The molecule has 2 aromatic heterocycles. The molecule has 1 fully saturated rings. The van der Waals surface area contributed by atoms with Gasteiger partial charge < -0.3 is 9.64 Å². The molecule has 0 bridgehead atoms. The number of rotatable bonds is 7. The van der Waals surface area contributed by atoms with Gasteiger partial charge in [-0.05, 0) is 102 Å². The lowest BCUT2D eigenvalue weighted by atomic mass is 9.91. The third-order valence-corrected chi connectivity index (χ3v) is 9.57. The van der Waals surface area contributed by atoms with E-state index in [1.165, 1.54) is 9.13 Å². The number of hydrogen-bond acceptors (Lipinski definition) is 5. The Bertz CT molecular complexity index is 1980. The Morgan fingerprint density at radius 1 is 1.06 bits per heavy atom. The molecule has 3 heterocycles. The van der Waals surface area contributed by atoms with E-state index >= 15 is 0 Å². The quantitative estimate of drug-likeness (QED) is 0.199. The average molecular weight is 691 g/mol. The maximum Gasteiger partial charge on any atom is 0.411 e. The molecule has 0 spiro atoms. The molecule has 2 aliphatic rings. The maximum atomic E-state index is 14.8. The Kier molecular flexibility index (Phi) is 9.02. The molecule has 1 aliphatic carbocycles. The van der Waals surface area contributed by atoms with Crippen LogP contribution in [0.25, 0.3) is 17.2 Å². The minimum absolute atomic E-state index is 0.0265. The van der Waals surface area contributed by atoms with Gasteiger partial charge in [-0.15, -0.1) is 0 Å². The molecule has 2 aromatic carbocycles. The second-order valence-electron chi connectivity index (χ2n) is 14.4. The van der Waals surface area contributed by atoms with Crippen molar-refractivity contribution in [2.24, 2.45) is 5.92 Å². The summed E-state index contributed by atoms with van der Waals surface area (Å²) in [5, 5.41) is 5.40. The van der Waals surface area contributed by atoms with E-state index in [1.54, 1.807) is 78.1 Å². The van der Waals surface area contributed by atoms with E-state index in [0.717, 1.165) is 30.5 Å². The monoisotopic (exact) mass is 690 g/mol. The molecule has 6 rings (SSSR count). The first-order chi connectivity index (χ1) is 23.1. The number of carbonyl (C=O) groups is 2. The van der Waals surface area contributed by atoms with E-state index in [4.69, 9.17) is 21.4 Å². The number of amides is 2. The lowest BCUT2D eigenvalue weighted by Gasteiger charge is -2.41. The van der Waals surface area contributed by atoms with Gasteiger partial charge in [-0.1, -0.05) is 24.9 Å². The molecule has 12 heteroatoms. The maximum absolute atomic E-state index is 14.8. The topological polar surface area (TPSA) is 94.6 Å². The van der Waals surface area contributed by atoms with E-state index in [1.807, 2.05) is 27.7 Å². The van der Waals surface area contributed by atoms with Crippen molar-refractivity contribution in [2.75, 3.05) is 11.9 Å². The molecule has 4 aromatic rings. The van der Waals surface area contributed by atoms with Gasteiger partial charge >= 0.3 is 11.8 Å². The van der Waals surface area contributed by atoms with Crippen molar-refractivity contribution >= 4 is 29.3 Å². The number of imidazole rings is 1. The van der Waals surface area contributed by atoms with Crippen LogP contribution in [0.4, 0.5) is 14.9 Å². The van der Waals surface area contributed by atoms with Gasteiger partial charge in [0, 0.05) is 43.4 Å². The fourth-order valence-corrected chi connectivity index (χ4v) is 7.09. The number of halogens is 2. The summed E-state index contributed by atoms with van der Waals surface area (Å²) >= 11 is 6.69. The van der Waals surface area contributed by atoms with Gasteiger partial charge in [-0.2, -0.15) is 5.10 Å². The second-order valence-corrected chi connectivity index (χ2v) is 14.8. The summed E-state index contributed by atoms with van der Waals surface area (Å²) in [5.74, 6) is 0.232. The zero-order chi connectivity index (χ0) is 35.5. The molecular formula is C37H44ClFN6O4. The summed E-state index contributed by atoms with van der Waals surface area (Å²) in [7, 11) is 1.71. The number of benzene rings is 2. The Hall–Kier alpha value is -4.38. The highest BCUT2D eigenvalue weighted by molar-refractivity contribution is 6.34. The van der Waals surface area contributed by atoms with Crippen LogP contribution < -0.4 is 10.6 Å². The summed E-state index contributed by atoms with van der Waals surface area (Å²) in [6.45, 7) is 13.0. The molecule has 1 saturated carbocycles. The minimum atomic E-state index is -0.699. The molecular weight excluding hydrogens is 647 g/mol. The summed E-state index contributed by atoms with van der Waals surface area (Å²) in [6, 6.07) is 7.95. The number of hydrogen-bond donors (Lipinski definition) is 0. The summed E-state index contributed by atoms with van der Waals surface area (Å²) in [5.41, 5.74) is 3.02. The van der Waals surface area contributed by atoms with Gasteiger partial charge in [0.25, 0.3) is 0 Å².